The number of alkyl halides is 5. The first-order valence-electron chi connectivity index (χ1n) is 7.09. The van der Waals surface area contributed by atoms with E-state index in [2.05, 4.69) is 20.9 Å². The molecule has 4 nitrogen and oxygen atoms in total. The van der Waals surface area contributed by atoms with Gasteiger partial charge in [0.1, 0.15) is 21.7 Å². The molecule has 0 aromatic carbocycles. The molecule has 0 saturated carbocycles. The summed E-state index contributed by atoms with van der Waals surface area (Å²) in [7, 11) is -2.34. The van der Waals surface area contributed by atoms with Crippen molar-refractivity contribution >= 4 is 26.9 Å². The molecule has 0 fully saturated rings. The van der Waals surface area contributed by atoms with Crippen LogP contribution in [0.4, 0.5) is 26.3 Å². The highest BCUT2D eigenvalue weighted by atomic mass is 79.9. The lowest BCUT2D eigenvalue weighted by Crippen LogP contribution is -2.64. The number of aliphatic hydroxyl groups excluding tert-OH is 1. The highest BCUT2D eigenvalue weighted by molar-refractivity contribution is 9.10. The molecule has 2 N–H and O–H groups in total. The standard InChI is InChI=1S/C14H17BrF6N2O2S/c1-11(2,3)26(25)23-12(4,9-7(16)5-6-8(15)22-9)13(17,18)10(24)14(19,20)21/h5-6,10,23-24H,1-4H3/t10-,12?,26?/m1/s1. The molecule has 12 heteroatoms. The zero-order chi connectivity index (χ0) is 20.7. The van der Waals surface area contributed by atoms with Crippen molar-refractivity contribution in [1.82, 2.24) is 9.71 Å². The quantitative estimate of drug-likeness (QED) is 0.508. The molecule has 1 heterocycles. The van der Waals surface area contributed by atoms with Gasteiger partial charge < -0.3 is 5.11 Å². The van der Waals surface area contributed by atoms with Gasteiger partial charge >= 0.3 is 12.1 Å². The number of nitrogens with zero attached hydrogens (tertiary/aromatic N) is 1. The third kappa shape index (κ3) is 4.57. The van der Waals surface area contributed by atoms with E-state index < -0.39 is 51.0 Å². The van der Waals surface area contributed by atoms with Gasteiger partial charge in [0, 0.05) is 0 Å². The van der Waals surface area contributed by atoms with Crippen LogP contribution in [0.2, 0.25) is 0 Å². The van der Waals surface area contributed by atoms with Crippen LogP contribution < -0.4 is 4.72 Å². The minimum atomic E-state index is -5.71. The van der Waals surface area contributed by atoms with Gasteiger partial charge in [-0.15, -0.1) is 0 Å². The SMILES string of the molecule is CC(C)(C)S(=O)NC(C)(c1nc(Br)ccc1F)C(F)(F)[C@@H](O)C(F)(F)F. The Morgan fingerprint density at radius 2 is 1.65 bits per heavy atom. The average Bonchev–Trinajstić information content (AvgIpc) is 2.46. The van der Waals surface area contributed by atoms with E-state index in [1.807, 2.05) is 4.72 Å². The Morgan fingerprint density at radius 3 is 2.08 bits per heavy atom. The van der Waals surface area contributed by atoms with Crippen molar-refractivity contribution in [2.75, 3.05) is 0 Å². The Labute approximate surface area is 157 Å². The summed E-state index contributed by atoms with van der Waals surface area (Å²) in [5.74, 6) is -6.37. The Morgan fingerprint density at radius 1 is 1.15 bits per heavy atom. The van der Waals surface area contributed by atoms with E-state index in [0.717, 1.165) is 6.07 Å². The van der Waals surface area contributed by atoms with Crippen LogP contribution in [0.1, 0.15) is 33.4 Å². The number of halogens is 7. The van der Waals surface area contributed by atoms with E-state index in [4.69, 9.17) is 0 Å². The molecule has 0 bridgehead atoms. The number of pyridine rings is 1. The summed E-state index contributed by atoms with van der Waals surface area (Å²) >= 11 is 2.83. The maximum atomic E-state index is 14.7. The summed E-state index contributed by atoms with van der Waals surface area (Å²) in [5.41, 5.74) is -4.37. The van der Waals surface area contributed by atoms with Crippen LogP contribution in [0.3, 0.4) is 0 Å². The monoisotopic (exact) mass is 470 g/mol. The van der Waals surface area contributed by atoms with Crippen LogP contribution in [0.15, 0.2) is 16.7 Å². The Balaban J connectivity index is 3.67. The lowest BCUT2D eigenvalue weighted by atomic mass is 9.86. The van der Waals surface area contributed by atoms with Crippen molar-refractivity contribution in [3.63, 3.8) is 0 Å². The molecule has 26 heavy (non-hydrogen) atoms. The molecule has 0 spiro atoms. The van der Waals surface area contributed by atoms with Gasteiger partial charge in [-0.3, -0.25) is 0 Å². The van der Waals surface area contributed by atoms with Crippen molar-refractivity contribution in [1.29, 1.82) is 0 Å². The van der Waals surface area contributed by atoms with Gasteiger partial charge in [-0.05, 0) is 55.8 Å². The van der Waals surface area contributed by atoms with Gasteiger partial charge in [-0.2, -0.15) is 13.2 Å². The zero-order valence-corrected chi connectivity index (χ0v) is 16.5. The maximum Gasteiger partial charge on any atom is 0.420 e. The van der Waals surface area contributed by atoms with Gasteiger partial charge in [0.05, 0.1) is 15.7 Å². The normalized spacial score (nSPS) is 18.3. The molecule has 0 aliphatic heterocycles. The fraction of sp³-hybridized carbons (Fsp3) is 0.643. The third-order valence-corrected chi connectivity index (χ3v) is 5.61. The molecular formula is C14H17BrF6N2O2S. The predicted octanol–water partition coefficient (Wildman–Crippen LogP) is 3.81. The van der Waals surface area contributed by atoms with Crippen molar-refractivity contribution in [2.24, 2.45) is 0 Å². The zero-order valence-electron chi connectivity index (χ0n) is 14.1. The molecule has 1 aromatic rings. The van der Waals surface area contributed by atoms with E-state index in [1.54, 1.807) is 0 Å². The van der Waals surface area contributed by atoms with E-state index in [1.165, 1.54) is 20.8 Å². The molecule has 150 valence electrons. The first-order chi connectivity index (χ1) is 11.4. The highest BCUT2D eigenvalue weighted by Gasteiger charge is 2.66. The lowest BCUT2D eigenvalue weighted by molar-refractivity contribution is -0.288. The second kappa shape index (κ2) is 7.36. The van der Waals surface area contributed by atoms with E-state index >= 15 is 0 Å². The van der Waals surface area contributed by atoms with Crippen molar-refractivity contribution in [3.8, 4) is 0 Å². The van der Waals surface area contributed by atoms with Crippen molar-refractivity contribution in [2.45, 2.75) is 56.2 Å². The van der Waals surface area contributed by atoms with Crippen LogP contribution in [0.5, 0.6) is 0 Å². The number of aromatic nitrogens is 1. The fourth-order valence-electron chi connectivity index (χ4n) is 1.86. The summed E-state index contributed by atoms with van der Waals surface area (Å²) in [6, 6.07) is 1.76. The fourth-order valence-corrected chi connectivity index (χ4v) is 3.08. The average molecular weight is 471 g/mol. The topological polar surface area (TPSA) is 62.2 Å². The van der Waals surface area contributed by atoms with E-state index in [-0.39, 0.29) is 4.60 Å². The molecule has 3 atom stereocenters. The molecule has 1 rings (SSSR count). The predicted molar refractivity (Wildman–Crippen MR) is 87.3 cm³/mol. The summed E-state index contributed by atoms with van der Waals surface area (Å²) in [5, 5.41) is 9.21. The Bertz CT molecular complexity index is 695. The molecule has 2 unspecified atom stereocenters. The first-order valence-corrected chi connectivity index (χ1v) is 9.03. The molecule has 1 aromatic heterocycles. The van der Waals surface area contributed by atoms with Crippen molar-refractivity contribution < 1.29 is 35.7 Å². The molecule has 0 aliphatic carbocycles. The molecule has 0 aliphatic rings. The van der Waals surface area contributed by atoms with Crippen molar-refractivity contribution in [3.05, 3.63) is 28.2 Å². The molecule has 0 amide bonds. The number of hydrogen-bond donors (Lipinski definition) is 2. The van der Waals surface area contributed by atoms with Gasteiger partial charge in [-0.1, -0.05) is 0 Å². The summed E-state index contributed by atoms with van der Waals surface area (Å²) < 4.78 is 94.8. The second-order valence-corrected chi connectivity index (χ2v) is 9.42. The van der Waals surface area contributed by atoms with Gasteiger partial charge in [0.15, 0.2) is 0 Å². The van der Waals surface area contributed by atoms with Gasteiger partial charge in [0.25, 0.3) is 0 Å². The Hall–Kier alpha value is -0.720. The lowest BCUT2D eigenvalue weighted by Gasteiger charge is -2.41. The second-order valence-electron chi connectivity index (χ2n) is 6.64. The minimum Gasteiger partial charge on any atom is -0.379 e. The van der Waals surface area contributed by atoms with Crippen LogP contribution in [-0.2, 0) is 16.5 Å². The van der Waals surface area contributed by atoms with E-state index in [0.29, 0.717) is 13.0 Å². The van der Waals surface area contributed by atoms with Gasteiger partial charge in [0.2, 0.25) is 6.10 Å². The van der Waals surface area contributed by atoms with Gasteiger partial charge in [-0.25, -0.2) is 27.1 Å². The largest absolute Gasteiger partial charge is 0.420 e. The highest BCUT2D eigenvalue weighted by Crippen LogP contribution is 2.45. The molecular weight excluding hydrogens is 454 g/mol. The first kappa shape index (κ1) is 23.3. The third-order valence-electron chi connectivity index (χ3n) is 3.46. The van der Waals surface area contributed by atoms with Crippen LogP contribution in [-0.4, -0.2) is 37.2 Å². The summed E-state index contributed by atoms with van der Waals surface area (Å²) in [6.07, 6.45) is -9.86. The summed E-state index contributed by atoms with van der Waals surface area (Å²) in [6.45, 7) is 4.63. The number of rotatable bonds is 5. The minimum absolute atomic E-state index is 0.138. The molecule has 0 saturated heterocycles. The van der Waals surface area contributed by atoms with Crippen LogP contribution in [0, 0.1) is 5.82 Å². The maximum absolute atomic E-state index is 14.7. The summed E-state index contributed by atoms with van der Waals surface area (Å²) in [4.78, 5) is 3.50. The number of nitrogens with one attached hydrogen (secondary N) is 1. The van der Waals surface area contributed by atoms with E-state index in [9.17, 15) is 35.7 Å². The van der Waals surface area contributed by atoms with Crippen LogP contribution >= 0.6 is 15.9 Å². The van der Waals surface area contributed by atoms with Crippen LogP contribution in [0.25, 0.3) is 0 Å². The Kier molecular flexibility index (Phi) is 6.60. The number of aliphatic hydroxyl groups is 1. The number of hydrogen-bond acceptors (Lipinski definition) is 3. The smallest absolute Gasteiger partial charge is 0.379 e. The molecule has 0 radical (unpaired) electrons.